The highest BCUT2D eigenvalue weighted by Crippen LogP contribution is 2.42. The van der Waals surface area contributed by atoms with E-state index in [2.05, 4.69) is 19.2 Å². The third-order valence-corrected chi connectivity index (χ3v) is 9.16. The van der Waals surface area contributed by atoms with Crippen LogP contribution in [0.15, 0.2) is 77.7 Å². The molecule has 1 heterocycles. The summed E-state index contributed by atoms with van der Waals surface area (Å²) in [5.74, 6) is 0.291. The Morgan fingerprint density at radius 3 is 2.33 bits per heavy atom. The molecular formula is C27H28Cl2N2O4S. The Labute approximate surface area is 222 Å². The molecule has 1 N–H and O–H groups in total. The lowest BCUT2D eigenvalue weighted by molar-refractivity contribution is -0.121. The minimum atomic E-state index is -4.07. The molecule has 0 unspecified atom stereocenters. The maximum Gasteiger partial charge on any atom is 0.264 e. The van der Waals surface area contributed by atoms with Crippen LogP contribution < -0.4 is 14.4 Å². The number of fused-ring (bicyclic) bond motifs is 1. The van der Waals surface area contributed by atoms with E-state index in [1.807, 2.05) is 24.3 Å². The Balaban J connectivity index is 1.66. The number of carbonyl (C=O) groups is 1. The van der Waals surface area contributed by atoms with Gasteiger partial charge < -0.3 is 10.1 Å². The normalized spacial score (nSPS) is 16.5. The minimum Gasteiger partial charge on any atom is -0.487 e. The quantitative estimate of drug-likeness (QED) is 0.355. The zero-order valence-corrected chi connectivity index (χ0v) is 22.4. The molecule has 0 radical (unpaired) electrons. The Kier molecular flexibility index (Phi) is 7.83. The van der Waals surface area contributed by atoms with Crippen molar-refractivity contribution in [1.29, 1.82) is 0 Å². The van der Waals surface area contributed by atoms with Crippen molar-refractivity contribution < 1.29 is 17.9 Å². The highest BCUT2D eigenvalue weighted by molar-refractivity contribution is 7.92. The summed E-state index contributed by atoms with van der Waals surface area (Å²) < 4.78 is 34.6. The second-order valence-electron chi connectivity index (χ2n) is 8.78. The van der Waals surface area contributed by atoms with Crippen LogP contribution in [-0.2, 0) is 14.8 Å². The van der Waals surface area contributed by atoms with E-state index < -0.39 is 28.1 Å². The lowest BCUT2D eigenvalue weighted by Crippen LogP contribution is -2.47. The first-order chi connectivity index (χ1) is 17.2. The second kappa shape index (κ2) is 10.7. The second-order valence-corrected chi connectivity index (χ2v) is 11.5. The van der Waals surface area contributed by atoms with E-state index in [9.17, 15) is 13.2 Å². The Hall–Kier alpha value is -2.74. The molecule has 0 saturated heterocycles. The molecule has 0 fully saturated rings. The van der Waals surface area contributed by atoms with Gasteiger partial charge in [-0.05, 0) is 49.2 Å². The van der Waals surface area contributed by atoms with E-state index in [0.717, 1.165) is 28.5 Å². The van der Waals surface area contributed by atoms with Gasteiger partial charge in [-0.1, -0.05) is 73.4 Å². The highest BCUT2D eigenvalue weighted by Gasteiger charge is 2.39. The van der Waals surface area contributed by atoms with Gasteiger partial charge in [-0.15, -0.1) is 0 Å². The van der Waals surface area contributed by atoms with Gasteiger partial charge >= 0.3 is 0 Å². The third-order valence-electron chi connectivity index (χ3n) is 6.63. The number of sulfonamides is 1. The first-order valence-electron chi connectivity index (χ1n) is 11.8. The molecule has 0 aliphatic carbocycles. The van der Waals surface area contributed by atoms with E-state index in [4.69, 9.17) is 27.9 Å². The molecule has 190 valence electrons. The van der Waals surface area contributed by atoms with E-state index in [0.29, 0.717) is 6.42 Å². The summed E-state index contributed by atoms with van der Waals surface area (Å²) >= 11 is 12.3. The summed E-state index contributed by atoms with van der Waals surface area (Å²) in [4.78, 5) is 13.5. The number of carbonyl (C=O) groups excluding carboxylic acids is 1. The maximum absolute atomic E-state index is 13.6. The topological polar surface area (TPSA) is 75.7 Å². The number of ether oxygens (including phenoxy) is 1. The van der Waals surface area contributed by atoms with Gasteiger partial charge in [0.15, 0.2) is 0 Å². The molecule has 1 atom stereocenters. The van der Waals surface area contributed by atoms with Gasteiger partial charge in [-0.3, -0.25) is 9.10 Å². The average Bonchev–Trinajstić information content (AvgIpc) is 2.89. The monoisotopic (exact) mass is 546 g/mol. The van der Waals surface area contributed by atoms with Crippen molar-refractivity contribution >= 4 is 44.8 Å². The van der Waals surface area contributed by atoms with Crippen LogP contribution in [0.1, 0.15) is 44.7 Å². The number of nitrogens with zero attached hydrogens (tertiary/aromatic N) is 1. The number of halogens is 2. The molecular weight excluding hydrogens is 519 g/mol. The molecule has 0 spiro atoms. The predicted molar refractivity (Wildman–Crippen MR) is 143 cm³/mol. The third kappa shape index (κ3) is 5.33. The molecule has 0 saturated carbocycles. The van der Waals surface area contributed by atoms with Crippen LogP contribution in [0.2, 0.25) is 10.0 Å². The molecule has 0 aromatic heterocycles. The minimum absolute atomic E-state index is 0.0660. The fraction of sp³-hybridized carbons (Fsp3) is 0.296. The van der Waals surface area contributed by atoms with E-state index in [1.165, 1.54) is 30.3 Å². The fourth-order valence-corrected chi connectivity index (χ4v) is 6.20. The summed E-state index contributed by atoms with van der Waals surface area (Å²) in [5.41, 5.74) is 0.703. The molecule has 0 bridgehead atoms. The first-order valence-corrected chi connectivity index (χ1v) is 14.0. The van der Waals surface area contributed by atoms with Gasteiger partial charge in [-0.2, -0.15) is 0 Å². The summed E-state index contributed by atoms with van der Waals surface area (Å²) in [6.07, 6.45) is 2.14. The molecule has 1 aliphatic heterocycles. The number of rotatable bonds is 8. The average molecular weight is 548 g/mol. The lowest BCUT2D eigenvalue weighted by Gasteiger charge is -2.41. The van der Waals surface area contributed by atoms with E-state index >= 15 is 0 Å². The largest absolute Gasteiger partial charge is 0.487 e. The molecule has 9 heteroatoms. The Morgan fingerprint density at radius 2 is 1.67 bits per heavy atom. The van der Waals surface area contributed by atoms with Crippen LogP contribution in [0.3, 0.4) is 0 Å². The van der Waals surface area contributed by atoms with Crippen molar-refractivity contribution in [2.75, 3.05) is 10.8 Å². The summed E-state index contributed by atoms with van der Waals surface area (Å²) in [5, 5.41) is 3.54. The van der Waals surface area contributed by atoms with Crippen LogP contribution in [0.25, 0.3) is 0 Å². The number of hydrogen-bond acceptors (Lipinski definition) is 4. The zero-order chi connectivity index (χ0) is 25.9. The highest BCUT2D eigenvalue weighted by atomic mass is 35.5. The number of para-hydroxylation sites is 1. The number of nitrogens with one attached hydrogen (secondary N) is 1. The Morgan fingerprint density at radius 1 is 1.00 bits per heavy atom. The van der Waals surface area contributed by atoms with Gasteiger partial charge in [0.25, 0.3) is 10.0 Å². The summed E-state index contributed by atoms with van der Waals surface area (Å²) in [6.45, 7) is 3.70. The van der Waals surface area contributed by atoms with Gasteiger partial charge in [0.2, 0.25) is 5.91 Å². The molecule has 3 aromatic carbocycles. The van der Waals surface area contributed by atoms with Gasteiger partial charge in [0, 0.05) is 12.0 Å². The molecule has 6 nitrogen and oxygen atoms in total. The predicted octanol–water partition coefficient (Wildman–Crippen LogP) is 6.39. The summed E-state index contributed by atoms with van der Waals surface area (Å²) in [6, 6.07) is 19.8. The number of benzene rings is 3. The lowest BCUT2D eigenvalue weighted by atomic mass is 9.83. The standard InChI is InChI=1S/C27H28Cl2N2O4S/c1-3-27(4-2)17-24(21-12-8-9-13-25(21)35-27)30-26(32)18-31(19-14-15-22(28)23(29)16-19)36(33,34)20-10-6-5-7-11-20/h5-16,24H,3-4,17-18H2,1-2H3,(H,30,32)/t24-/m1/s1. The van der Waals surface area contributed by atoms with Crippen molar-refractivity contribution in [2.45, 2.75) is 49.6 Å². The van der Waals surface area contributed by atoms with Crippen molar-refractivity contribution in [3.63, 3.8) is 0 Å². The molecule has 3 aromatic rings. The molecule has 1 aliphatic rings. The van der Waals surface area contributed by atoms with Crippen molar-refractivity contribution in [1.82, 2.24) is 5.32 Å². The number of amides is 1. The van der Waals surface area contributed by atoms with Crippen LogP contribution in [0.5, 0.6) is 5.75 Å². The zero-order valence-electron chi connectivity index (χ0n) is 20.1. The van der Waals surface area contributed by atoms with Crippen LogP contribution in [0, 0.1) is 0 Å². The van der Waals surface area contributed by atoms with Crippen molar-refractivity contribution in [3.05, 3.63) is 88.4 Å². The van der Waals surface area contributed by atoms with Crippen LogP contribution >= 0.6 is 23.2 Å². The van der Waals surface area contributed by atoms with E-state index in [1.54, 1.807) is 18.2 Å². The maximum atomic E-state index is 13.6. The van der Waals surface area contributed by atoms with Crippen LogP contribution in [0.4, 0.5) is 5.69 Å². The van der Waals surface area contributed by atoms with Crippen molar-refractivity contribution in [3.8, 4) is 5.75 Å². The van der Waals surface area contributed by atoms with Gasteiger partial charge in [0.1, 0.15) is 17.9 Å². The SMILES string of the molecule is CCC1(CC)C[C@@H](NC(=O)CN(c2ccc(Cl)c(Cl)c2)S(=O)(=O)c2ccccc2)c2ccccc2O1. The summed E-state index contributed by atoms with van der Waals surface area (Å²) in [7, 11) is -4.07. The smallest absolute Gasteiger partial charge is 0.264 e. The Bertz CT molecular complexity index is 1340. The molecule has 4 rings (SSSR count). The number of anilines is 1. The molecule has 36 heavy (non-hydrogen) atoms. The van der Waals surface area contributed by atoms with Gasteiger partial charge in [-0.25, -0.2) is 8.42 Å². The van der Waals surface area contributed by atoms with E-state index in [-0.39, 0.29) is 26.7 Å². The fourth-order valence-electron chi connectivity index (χ4n) is 4.48. The first kappa shape index (κ1) is 26.3. The van der Waals surface area contributed by atoms with Crippen molar-refractivity contribution in [2.24, 2.45) is 0 Å². The number of hydrogen-bond donors (Lipinski definition) is 1. The molecule has 1 amide bonds. The van der Waals surface area contributed by atoms with Gasteiger partial charge in [0.05, 0.1) is 26.7 Å². The van der Waals surface area contributed by atoms with Crippen LogP contribution in [-0.4, -0.2) is 26.5 Å².